The van der Waals surface area contributed by atoms with Crippen LogP contribution in [-0.2, 0) is 0 Å². The Labute approximate surface area is 112 Å². The van der Waals surface area contributed by atoms with E-state index in [0.717, 1.165) is 12.2 Å². The van der Waals surface area contributed by atoms with Gasteiger partial charge in [0.2, 0.25) is 0 Å². The van der Waals surface area contributed by atoms with Crippen molar-refractivity contribution in [3.05, 3.63) is 51.7 Å². The quantitative estimate of drug-likeness (QED) is 0.887. The molecule has 2 rings (SSSR count). The van der Waals surface area contributed by atoms with Gasteiger partial charge in [-0.3, -0.25) is 0 Å². The summed E-state index contributed by atoms with van der Waals surface area (Å²) in [5.74, 6) is 0.990. The van der Waals surface area contributed by atoms with Crippen LogP contribution in [0.4, 0.5) is 0 Å². The van der Waals surface area contributed by atoms with Crippen LogP contribution >= 0.6 is 11.3 Å². The lowest BCUT2D eigenvalue weighted by Crippen LogP contribution is -2.13. The van der Waals surface area contributed by atoms with Crippen molar-refractivity contribution < 1.29 is 4.74 Å². The van der Waals surface area contributed by atoms with Crippen LogP contribution < -0.4 is 10.5 Å². The van der Waals surface area contributed by atoms with E-state index in [-0.39, 0.29) is 6.10 Å². The van der Waals surface area contributed by atoms with Crippen LogP contribution in [0, 0.1) is 13.8 Å². The van der Waals surface area contributed by atoms with Gasteiger partial charge in [-0.25, -0.2) is 0 Å². The molecular weight excluding hydrogens is 242 g/mol. The van der Waals surface area contributed by atoms with Crippen LogP contribution in [0.15, 0.2) is 35.7 Å². The smallest absolute Gasteiger partial charge is 0.134 e. The van der Waals surface area contributed by atoms with Gasteiger partial charge in [0.05, 0.1) is 0 Å². The zero-order valence-electron chi connectivity index (χ0n) is 10.8. The van der Waals surface area contributed by atoms with Gasteiger partial charge in [0.25, 0.3) is 0 Å². The fourth-order valence-corrected chi connectivity index (χ4v) is 2.80. The Morgan fingerprint density at radius 2 is 1.89 bits per heavy atom. The van der Waals surface area contributed by atoms with Crippen molar-refractivity contribution in [1.29, 1.82) is 0 Å². The van der Waals surface area contributed by atoms with Gasteiger partial charge in [-0.15, -0.1) is 11.3 Å². The highest BCUT2D eigenvalue weighted by molar-refractivity contribution is 7.10. The zero-order valence-corrected chi connectivity index (χ0v) is 11.7. The van der Waals surface area contributed by atoms with Crippen molar-refractivity contribution in [2.75, 3.05) is 6.54 Å². The lowest BCUT2D eigenvalue weighted by molar-refractivity contribution is 0.199. The standard InChI is InChI=1S/C15H19NOS/c1-11-5-3-6-12(2)15(11)17-13(8-9-16)14-7-4-10-18-14/h3-7,10,13H,8-9,16H2,1-2H3. The second-order valence-electron chi connectivity index (χ2n) is 4.42. The van der Waals surface area contributed by atoms with Gasteiger partial charge in [-0.2, -0.15) is 0 Å². The van der Waals surface area contributed by atoms with Crippen molar-refractivity contribution in [1.82, 2.24) is 0 Å². The average molecular weight is 261 g/mol. The molecule has 0 saturated carbocycles. The van der Waals surface area contributed by atoms with Crippen molar-refractivity contribution in [2.24, 2.45) is 5.73 Å². The maximum Gasteiger partial charge on any atom is 0.134 e. The van der Waals surface area contributed by atoms with Crippen molar-refractivity contribution in [3.63, 3.8) is 0 Å². The van der Waals surface area contributed by atoms with E-state index in [1.54, 1.807) is 11.3 Å². The molecule has 0 amide bonds. The van der Waals surface area contributed by atoms with Gasteiger partial charge in [0, 0.05) is 11.3 Å². The number of ether oxygens (including phenoxy) is 1. The van der Waals surface area contributed by atoms with Crippen LogP contribution in [-0.4, -0.2) is 6.54 Å². The normalized spacial score (nSPS) is 12.4. The lowest BCUT2D eigenvalue weighted by atomic mass is 10.1. The summed E-state index contributed by atoms with van der Waals surface area (Å²) in [4.78, 5) is 1.24. The second kappa shape index (κ2) is 6.03. The van der Waals surface area contributed by atoms with E-state index in [0.29, 0.717) is 6.54 Å². The summed E-state index contributed by atoms with van der Waals surface area (Å²) in [6, 6.07) is 10.4. The second-order valence-corrected chi connectivity index (χ2v) is 5.40. The van der Waals surface area contributed by atoms with E-state index in [2.05, 4.69) is 49.6 Å². The number of aryl methyl sites for hydroxylation is 2. The molecule has 18 heavy (non-hydrogen) atoms. The molecule has 1 heterocycles. The highest BCUT2D eigenvalue weighted by Crippen LogP contribution is 2.31. The van der Waals surface area contributed by atoms with Gasteiger partial charge in [0.1, 0.15) is 11.9 Å². The minimum Gasteiger partial charge on any atom is -0.484 e. The molecule has 1 unspecified atom stereocenters. The SMILES string of the molecule is Cc1cccc(C)c1OC(CCN)c1cccs1. The van der Waals surface area contributed by atoms with Crippen molar-refractivity contribution in [2.45, 2.75) is 26.4 Å². The molecule has 0 aliphatic heterocycles. The molecule has 3 heteroatoms. The monoisotopic (exact) mass is 261 g/mol. The topological polar surface area (TPSA) is 35.2 Å². The highest BCUT2D eigenvalue weighted by atomic mass is 32.1. The third-order valence-corrected chi connectivity index (χ3v) is 3.92. The van der Waals surface area contributed by atoms with Gasteiger partial charge in [-0.1, -0.05) is 24.3 Å². The average Bonchev–Trinajstić information content (AvgIpc) is 2.86. The molecule has 0 aliphatic rings. The Bertz CT molecular complexity index is 473. The Balaban J connectivity index is 2.24. The molecule has 0 bridgehead atoms. The third kappa shape index (κ3) is 2.92. The number of benzene rings is 1. The molecule has 0 fully saturated rings. The molecule has 2 nitrogen and oxygen atoms in total. The largest absolute Gasteiger partial charge is 0.484 e. The van der Waals surface area contributed by atoms with E-state index >= 15 is 0 Å². The molecule has 2 aromatic rings. The van der Waals surface area contributed by atoms with Gasteiger partial charge in [0.15, 0.2) is 0 Å². The van der Waals surface area contributed by atoms with Crippen LogP contribution in [0.2, 0.25) is 0 Å². The fraction of sp³-hybridized carbons (Fsp3) is 0.333. The van der Waals surface area contributed by atoms with E-state index in [9.17, 15) is 0 Å². The summed E-state index contributed by atoms with van der Waals surface area (Å²) in [5, 5.41) is 2.08. The minimum absolute atomic E-state index is 0.0646. The maximum atomic E-state index is 6.19. The number of thiophene rings is 1. The predicted molar refractivity (Wildman–Crippen MR) is 77.3 cm³/mol. The number of rotatable bonds is 5. The van der Waals surface area contributed by atoms with Gasteiger partial charge >= 0.3 is 0 Å². The number of hydrogen-bond acceptors (Lipinski definition) is 3. The molecule has 0 saturated heterocycles. The molecule has 0 radical (unpaired) electrons. The first-order valence-electron chi connectivity index (χ1n) is 6.18. The zero-order chi connectivity index (χ0) is 13.0. The minimum atomic E-state index is 0.0646. The van der Waals surface area contributed by atoms with Crippen molar-refractivity contribution >= 4 is 11.3 Å². The van der Waals surface area contributed by atoms with E-state index in [1.807, 2.05) is 0 Å². The van der Waals surface area contributed by atoms with E-state index in [1.165, 1.54) is 16.0 Å². The third-order valence-electron chi connectivity index (χ3n) is 2.96. The lowest BCUT2D eigenvalue weighted by Gasteiger charge is -2.20. The maximum absolute atomic E-state index is 6.19. The first-order chi connectivity index (χ1) is 8.72. The Morgan fingerprint density at radius 1 is 1.17 bits per heavy atom. The summed E-state index contributed by atoms with van der Waals surface area (Å²) < 4.78 is 6.19. The molecule has 1 atom stereocenters. The fourth-order valence-electron chi connectivity index (χ4n) is 2.01. The molecule has 0 spiro atoms. The molecule has 1 aromatic heterocycles. The number of para-hydroxylation sites is 1. The van der Waals surface area contributed by atoms with Crippen LogP contribution in [0.3, 0.4) is 0 Å². The van der Waals surface area contributed by atoms with Crippen LogP contribution in [0.5, 0.6) is 5.75 Å². The molecule has 0 aliphatic carbocycles. The van der Waals surface area contributed by atoms with Gasteiger partial charge in [-0.05, 0) is 43.0 Å². The molecule has 96 valence electrons. The Kier molecular flexibility index (Phi) is 4.39. The summed E-state index contributed by atoms with van der Waals surface area (Å²) in [6.45, 7) is 4.79. The summed E-state index contributed by atoms with van der Waals surface area (Å²) in [7, 11) is 0. The van der Waals surface area contributed by atoms with E-state index in [4.69, 9.17) is 10.5 Å². The molecule has 2 N–H and O–H groups in total. The van der Waals surface area contributed by atoms with Crippen LogP contribution in [0.25, 0.3) is 0 Å². The summed E-state index contributed by atoms with van der Waals surface area (Å²) in [6.07, 6.45) is 0.906. The molecule has 1 aromatic carbocycles. The number of nitrogens with two attached hydrogens (primary N) is 1. The van der Waals surface area contributed by atoms with Crippen molar-refractivity contribution in [3.8, 4) is 5.75 Å². The highest BCUT2D eigenvalue weighted by Gasteiger charge is 2.15. The summed E-state index contributed by atoms with van der Waals surface area (Å²) in [5.41, 5.74) is 8.04. The summed E-state index contributed by atoms with van der Waals surface area (Å²) >= 11 is 1.72. The Morgan fingerprint density at radius 3 is 2.44 bits per heavy atom. The van der Waals surface area contributed by atoms with Crippen LogP contribution in [0.1, 0.15) is 28.5 Å². The van der Waals surface area contributed by atoms with Gasteiger partial charge < -0.3 is 10.5 Å². The Hall–Kier alpha value is -1.32. The first-order valence-corrected chi connectivity index (χ1v) is 7.06. The van der Waals surface area contributed by atoms with E-state index < -0.39 is 0 Å². The predicted octanol–water partition coefficient (Wildman–Crippen LogP) is 3.83. The molecular formula is C15H19NOS. The number of hydrogen-bond donors (Lipinski definition) is 1. The first kappa shape index (κ1) is 13.1.